The lowest BCUT2D eigenvalue weighted by atomic mass is 9.75. The fourth-order valence-electron chi connectivity index (χ4n) is 20.5. The third-order valence-corrected chi connectivity index (χ3v) is 26.6. The molecule has 0 saturated heterocycles. The summed E-state index contributed by atoms with van der Waals surface area (Å²) in [5, 5.41) is 0. The topological polar surface area (TPSA) is 205 Å². The molecular formula is C108H110N4O16. The molecule has 658 valence electrons. The van der Waals surface area contributed by atoms with Gasteiger partial charge in [0.2, 0.25) is 50.2 Å². The van der Waals surface area contributed by atoms with E-state index in [0.29, 0.717) is 166 Å². The highest BCUT2D eigenvalue weighted by Crippen LogP contribution is 2.64. The van der Waals surface area contributed by atoms with Crippen LogP contribution in [0, 0.1) is 0 Å². The van der Waals surface area contributed by atoms with Gasteiger partial charge >= 0.3 is 0 Å². The number of H-pyrrole nitrogens is 2. The zero-order chi connectivity index (χ0) is 86.0. The van der Waals surface area contributed by atoms with Gasteiger partial charge in [0.15, 0.2) is 46.0 Å². The molecule has 0 atom stereocenters. The average Bonchev–Trinajstić information content (AvgIpc) is 0.932. The van der Waals surface area contributed by atoms with E-state index in [1.165, 1.54) is 0 Å². The second-order valence-electron chi connectivity index (χ2n) is 34.7. The van der Waals surface area contributed by atoms with Crippen LogP contribution in [0.4, 0.5) is 0 Å². The van der Waals surface area contributed by atoms with Gasteiger partial charge in [-0.3, -0.25) is 0 Å². The molecule has 22 rings (SSSR count). The number of benzene rings is 8. The number of unbranched alkanes of at least 4 members (excludes halogenated alkanes) is 8. The van der Waals surface area contributed by atoms with Gasteiger partial charge in [-0.25, -0.2) is 9.97 Å². The van der Waals surface area contributed by atoms with Crippen LogP contribution in [-0.4, -0.2) is 100.0 Å². The summed E-state index contributed by atoms with van der Waals surface area (Å²) in [6.07, 6.45) is 24.3. The first-order valence-electron chi connectivity index (χ1n) is 46.8. The second kappa shape index (κ2) is 36.9. The van der Waals surface area contributed by atoms with Crippen molar-refractivity contribution in [3.63, 3.8) is 0 Å². The first kappa shape index (κ1) is 82.2. The predicted octanol–water partition coefficient (Wildman–Crippen LogP) is 25.7. The summed E-state index contributed by atoms with van der Waals surface area (Å²) < 4.78 is 119. The van der Waals surface area contributed by atoms with Crippen LogP contribution in [0.25, 0.3) is 90.9 Å². The predicted molar refractivity (Wildman–Crippen MR) is 497 cm³/mol. The highest BCUT2D eigenvalue weighted by Gasteiger charge is 2.44. The Bertz CT molecular complexity index is 5420. The van der Waals surface area contributed by atoms with Gasteiger partial charge in [0.1, 0.15) is 23.0 Å². The third kappa shape index (κ3) is 15.5. The summed E-state index contributed by atoms with van der Waals surface area (Å²) in [6.45, 7) is 9.95. The van der Waals surface area contributed by atoms with E-state index in [1.807, 2.05) is 48.5 Å². The number of nitrogens with one attached hydrogen (secondary N) is 2. The van der Waals surface area contributed by atoms with Crippen LogP contribution in [0.15, 0.2) is 146 Å². The first-order chi connectivity index (χ1) is 63.4. The van der Waals surface area contributed by atoms with E-state index < -0.39 is 23.7 Å². The summed E-state index contributed by atoms with van der Waals surface area (Å²) in [7, 11) is 0. The number of nitrogens with zero attached hydrogens (tertiary/aromatic N) is 2. The molecule has 30 bridgehead atoms. The van der Waals surface area contributed by atoms with Crippen molar-refractivity contribution in [1.29, 1.82) is 0 Å². The molecule has 128 heavy (non-hydrogen) atoms. The molecule has 0 saturated carbocycles. The van der Waals surface area contributed by atoms with E-state index in [9.17, 15) is 0 Å². The Morgan fingerprint density at radius 1 is 0.242 bits per heavy atom. The Morgan fingerprint density at radius 3 is 0.672 bits per heavy atom. The second-order valence-corrected chi connectivity index (χ2v) is 34.7. The molecule has 0 fully saturated rings. The van der Waals surface area contributed by atoms with Crippen molar-refractivity contribution in [1.82, 2.24) is 19.9 Å². The summed E-state index contributed by atoms with van der Waals surface area (Å²) in [4.78, 5) is 19.7. The molecule has 20 nitrogen and oxygen atoms in total. The number of hydrogen-bond donors (Lipinski definition) is 2. The zero-order valence-corrected chi connectivity index (χ0v) is 73.5. The van der Waals surface area contributed by atoms with E-state index in [0.717, 1.165) is 188 Å². The lowest BCUT2D eigenvalue weighted by Crippen LogP contribution is -2.25. The lowest BCUT2D eigenvalue weighted by molar-refractivity contribution is 0.0812. The van der Waals surface area contributed by atoms with Gasteiger partial charge in [0.05, 0.1) is 75.6 Å². The van der Waals surface area contributed by atoms with E-state index >= 15 is 0 Å². The molecule has 20 heteroatoms. The Morgan fingerprint density at radius 2 is 0.453 bits per heavy atom. The maximum Gasteiger partial charge on any atom is 0.231 e. The average molecular weight is 1720 g/mol. The minimum Gasteiger partial charge on any atom is -0.493 e. The van der Waals surface area contributed by atoms with Gasteiger partial charge in [-0.15, -0.1) is 0 Å². The summed E-state index contributed by atoms with van der Waals surface area (Å²) in [6, 6.07) is 51.2. The molecule has 0 spiro atoms. The molecule has 0 aliphatic carbocycles. The number of rotatable bonds is 16. The Labute approximate surface area is 747 Å². The molecule has 3 aromatic heterocycles. The molecule has 11 aliphatic heterocycles. The quantitative estimate of drug-likeness (QED) is 0.0863. The number of ether oxygens (including phenoxy) is 16. The van der Waals surface area contributed by atoms with Crippen molar-refractivity contribution in [3.8, 4) is 136 Å². The molecule has 11 aromatic rings. The largest absolute Gasteiger partial charge is 0.493 e. The van der Waals surface area contributed by atoms with Crippen LogP contribution in [0.5, 0.6) is 92.0 Å². The highest BCUT2D eigenvalue weighted by molar-refractivity contribution is 6.02. The van der Waals surface area contributed by atoms with Crippen LogP contribution in [0.3, 0.4) is 0 Å². The van der Waals surface area contributed by atoms with Gasteiger partial charge in [0, 0.05) is 160 Å². The van der Waals surface area contributed by atoms with Crippen molar-refractivity contribution in [3.05, 3.63) is 213 Å². The van der Waals surface area contributed by atoms with Crippen molar-refractivity contribution in [2.75, 3.05) is 80.0 Å². The van der Waals surface area contributed by atoms with Crippen LogP contribution in [0.2, 0.25) is 0 Å². The van der Waals surface area contributed by atoms with Gasteiger partial charge in [-0.05, 0) is 123 Å². The van der Waals surface area contributed by atoms with E-state index in [-0.39, 0.29) is 80.0 Å². The summed E-state index contributed by atoms with van der Waals surface area (Å²) in [5.74, 6) is 7.18. The smallest absolute Gasteiger partial charge is 0.231 e. The van der Waals surface area contributed by atoms with E-state index in [2.05, 4.69) is 159 Å². The van der Waals surface area contributed by atoms with Crippen molar-refractivity contribution in [2.45, 2.75) is 180 Å². The molecule has 11 aliphatic rings. The third-order valence-electron chi connectivity index (χ3n) is 26.6. The maximum atomic E-state index is 7.60. The van der Waals surface area contributed by atoms with Crippen LogP contribution >= 0.6 is 0 Å². The van der Waals surface area contributed by atoms with Gasteiger partial charge in [0.25, 0.3) is 0 Å². The number of fused-ring (bicyclic) bond motifs is 12. The number of aromatic amines is 2. The standard InChI is InChI=1S/C108H110N4O16/c1-5-9-13-29-65-73-57-75-66(30-14-10-6-2)77-59-79-68(32-16-12-8-4)80-60-78-67(31-15-11-7-3)76-58-74(65)98-106-100(76)124-63-126-102(78)108-104(80)128-64-127-103(79)107-101(77)125-62-123-99(75)105(97(73)121-61-122-98)117-53-25-49-113-89-37-21-17-33-69(89)93-81-41-42-82(109-81)94(70-34-18-22-38-90(70)114-50-26-54-118-106)84-44-46-86(111-84)96(72-36-20-24-40-92(72)116-52-28-56-120-108)88-48-47-87(112-88)95(85-45-43-83(93)110-85)71-35-19-23-39-91(71)115-51-27-55-119-107/h17-24,33-48,57-60,65-68,109,112H,5-16,25-32,49-56,61-64H2,1-4H3. The van der Waals surface area contributed by atoms with E-state index in [4.69, 9.17) is 85.8 Å². The minimum absolute atomic E-state index is 0.200. The monoisotopic (exact) mass is 1720 g/mol. The fraction of sp³-hybridized carbons (Fsp3) is 0.370. The zero-order valence-electron chi connectivity index (χ0n) is 73.5. The number of para-hydroxylation sites is 4. The van der Waals surface area contributed by atoms with Gasteiger partial charge in [-0.2, -0.15) is 0 Å². The van der Waals surface area contributed by atoms with Crippen molar-refractivity contribution in [2.24, 2.45) is 0 Å². The highest BCUT2D eigenvalue weighted by atomic mass is 16.7. The molecule has 14 heterocycles. The first-order valence-corrected chi connectivity index (χ1v) is 46.8. The van der Waals surface area contributed by atoms with Gasteiger partial charge < -0.3 is 85.8 Å². The Balaban J connectivity index is 0.915. The molecule has 2 N–H and O–H groups in total. The summed E-state index contributed by atoms with van der Waals surface area (Å²) >= 11 is 0. The minimum atomic E-state index is -0.397. The molecule has 0 amide bonds. The molecule has 0 unspecified atom stereocenters. The Hall–Kier alpha value is -12.8. The van der Waals surface area contributed by atoms with Crippen LogP contribution < -0.4 is 75.8 Å². The fourth-order valence-corrected chi connectivity index (χ4v) is 20.5. The SMILES string of the molecule is CCCCCC1c2cc3c4c5c2OCOc2c1cc1c6c2OCCCOc2ccccc2-c2c7nc(c(c8ccc([nH]8)c8c9nc(c(c%10ccc2[nH]%10)-c2ccccc2OCCCOc2c(c(cc%10c2OCOc2c(cc(c(c2OCCCOc2ccccc2-8)OCO4)C3CCCCC)C%10CCCCC)C1CCCCC)OCO6)C=C9)-c1ccccc1OCCCO5)C=C7. The normalized spacial score (nSPS) is 17.8. The van der Waals surface area contributed by atoms with Crippen LogP contribution in [0.1, 0.15) is 247 Å². The maximum absolute atomic E-state index is 7.60. The number of aromatic nitrogens is 4. The van der Waals surface area contributed by atoms with Crippen molar-refractivity contribution >= 4 is 46.4 Å². The molecule has 0 radical (unpaired) electrons. The van der Waals surface area contributed by atoms with E-state index in [1.54, 1.807) is 0 Å². The van der Waals surface area contributed by atoms with Gasteiger partial charge in [-0.1, -0.05) is 178 Å². The number of hydrogen-bond acceptors (Lipinski definition) is 18. The lowest BCUT2D eigenvalue weighted by Gasteiger charge is -2.37. The van der Waals surface area contributed by atoms with Crippen LogP contribution in [-0.2, 0) is 0 Å². The van der Waals surface area contributed by atoms with Crippen molar-refractivity contribution < 1.29 is 75.8 Å². The summed E-state index contributed by atoms with van der Waals surface area (Å²) in [5.41, 5.74) is 20.0. The molecular weight excluding hydrogens is 1610 g/mol. The Kier molecular flexibility index (Phi) is 23.7. The molecule has 8 aromatic carbocycles.